The van der Waals surface area contributed by atoms with Gasteiger partial charge in [-0.05, 0) is 43.2 Å². The number of nitro benzene ring substituents is 1. The summed E-state index contributed by atoms with van der Waals surface area (Å²) in [6.45, 7) is 0.780. The van der Waals surface area contributed by atoms with Crippen LogP contribution in [-0.2, 0) is 10.0 Å². The summed E-state index contributed by atoms with van der Waals surface area (Å²) >= 11 is 5.84. The number of nitrogens with one attached hydrogen (secondary N) is 3. The lowest BCUT2D eigenvalue weighted by Gasteiger charge is -2.16. The van der Waals surface area contributed by atoms with Gasteiger partial charge in [-0.15, -0.1) is 0 Å². The lowest BCUT2D eigenvalue weighted by atomic mass is 10.3. The van der Waals surface area contributed by atoms with Crippen molar-refractivity contribution >= 4 is 44.7 Å². The van der Waals surface area contributed by atoms with Crippen LogP contribution in [0.5, 0.6) is 0 Å². The first-order valence-corrected chi connectivity index (χ1v) is 10.5. The van der Waals surface area contributed by atoms with Crippen molar-refractivity contribution in [3.8, 4) is 0 Å². The van der Waals surface area contributed by atoms with Crippen molar-refractivity contribution in [3.05, 3.63) is 57.6 Å². The SMILES string of the molecule is O=C(NNc1ccc(S(=O)(=O)N2CCCC2)cc1[N+](=O)[O-])Nc1cccc(Cl)c1. The summed E-state index contributed by atoms with van der Waals surface area (Å²) in [6, 6.07) is 9.23. The lowest BCUT2D eigenvalue weighted by Crippen LogP contribution is -2.34. The minimum Gasteiger partial charge on any atom is -0.307 e. The Balaban J connectivity index is 1.74. The molecule has 0 aliphatic carbocycles. The molecule has 1 aliphatic rings. The highest BCUT2D eigenvalue weighted by Crippen LogP contribution is 2.29. The number of carbonyl (C=O) groups is 1. The Morgan fingerprint density at radius 1 is 1.14 bits per heavy atom. The Kier molecular flexibility index (Phi) is 6.20. The van der Waals surface area contributed by atoms with Crippen LogP contribution < -0.4 is 16.2 Å². The quantitative estimate of drug-likeness (QED) is 0.467. The maximum Gasteiger partial charge on any atom is 0.337 e. The summed E-state index contributed by atoms with van der Waals surface area (Å²) in [5, 5.41) is 14.3. The summed E-state index contributed by atoms with van der Waals surface area (Å²) < 4.78 is 26.5. The molecule has 2 aromatic rings. The largest absolute Gasteiger partial charge is 0.337 e. The van der Waals surface area contributed by atoms with Gasteiger partial charge in [0.05, 0.1) is 9.82 Å². The van der Waals surface area contributed by atoms with E-state index in [0.717, 1.165) is 18.9 Å². The fourth-order valence-electron chi connectivity index (χ4n) is 2.86. The summed E-state index contributed by atoms with van der Waals surface area (Å²) in [7, 11) is -3.80. The lowest BCUT2D eigenvalue weighted by molar-refractivity contribution is -0.384. The second-order valence-electron chi connectivity index (χ2n) is 6.26. The van der Waals surface area contributed by atoms with Crippen molar-refractivity contribution in [3.63, 3.8) is 0 Å². The van der Waals surface area contributed by atoms with Crippen molar-refractivity contribution in [2.45, 2.75) is 17.7 Å². The molecule has 0 spiro atoms. The van der Waals surface area contributed by atoms with Gasteiger partial charge in [-0.25, -0.2) is 13.2 Å². The molecule has 0 atom stereocenters. The van der Waals surface area contributed by atoms with E-state index in [-0.39, 0.29) is 10.6 Å². The highest BCUT2D eigenvalue weighted by Gasteiger charge is 2.29. The Bertz CT molecular complexity index is 1040. The monoisotopic (exact) mass is 439 g/mol. The molecule has 10 nitrogen and oxygen atoms in total. The second-order valence-corrected chi connectivity index (χ2v) is 8.64. The van der Waals surface area contributed by atoms with E-state index in [0.29, 0.717) is 23.8 Å². The van der Waals surface area contributed by atoms with Gasteiger partial charge in [0.15, 0.2) is 0 Å². The zero-order valence-corrected chi connectivity index (χ0v) is 16.7. The van der Waals surface area contributed by atoms with Gasteiger partial charge < -0.3 is 5.32 Å². The average Bonchev–Trinajstić information content (AvgIpc) is 3.22. The fourth-order valence-corrected chi connectivity index (χ4v) is 4.59. The van der Waals surface area contributed by atoms with E-state index in [1.165, 1.54) is 22.5 Å². The first kappa shape index (κ1) is 20.8. The van der Waals surface area contributed by atoms with Crippen LogP contribution in [0.3, 0.4) is 0 Å². The van der Waals surface area contributed by atoms with Crippen LogP contribution in [0.15, 0.2) is 47.4 Å². The van der Waals surface area contributed by atoms with Gasteiger partial charge in [-0.2, -0.15) is 4.31 Å². The third-order valence-electron chi connectivity index (χ3n) is 4.26. The number of carbonyl (C=O) groups excluding carboxylic acids is 1. The first-order chi connectivity index (χ1) is 13.8. The number of sulfonamides is 1. The molecule has 2 amide bonds. The number of amides is 2. The van der Waals surface area contributed by atoms with E-state index in [4.69, 9.17) is 11.6 Å². The summed E-state index contributed by atoms with van der Waals surface area (Å²) in [4.78, 5) is 22.5. The number of halogens is 1. The molecule has 3 N–H and O–H groups in total. The predicted molar refractivity (Wildman–Crippen MR) is 108 cm³/mol. The highest BCUT2D eigenvalue weighted by atomic mass is 35.5. The van der Waals surface area contributed by atoms with Crippen LogP contribution >= 0.6 is 11.6 Å². The van der Waals surface area contributed by atoms with E-state index in [1.54, 1.807) is 18.2 Å². The molecule has 154 valence electrons. The van der Waals surface area contributed by atoms with E-state index in [2.05, 4.69) is 16.2 Å². The molecule has 2 aromatic carbocycles. The fraction of sp³-hybridized carbons (Fsp3) is 0.235. The van der Waals surface area contributed by atoms with Crippen molar-refractivity contribution in [2.24, 2.45) is 0 Å². The molecular formula is C17H18ClN5O5S. The Labute approximate surface area is 172 Å². The first-order valence-electron chi connectivity index (χ1n) is 8.64. The third-order valence-corrected chi connectivity index (χ3v) is 6.39. The van der Waals surface area contributed by atoms with Crippen molar-refractivity contribution < 1.29 is 18.1 Å². The minimum atomic E-state index is -3.80. The maximum absolute atomic E-state index is 12.6. The molecule has 1 heterocycles. The van der Waals surface area contributed by atoms with Gasteiger partial charge in [-0.3, -0.25) is 21.0 Å². The number of benzene rings is 2. The van der Waals surface area contributed by atoms with Crippen LogP contribution in [0.25, 0.3) is 0 Å². The number of nitro groups is 1. The van der Waals surface area contributed by atoms with Crippen LogP contribution in [0, 0.1) is 10.1 Å². The standard InChI is InChI=1S/C17H18ClN5O5S/c18-12-4-3-5-13(10-12)19-17(24)21-20-15-7-6-14(11-16(15)23(25)26)29(27,28)22-8-1-2-9-22/h3-7,10-11,20H,1-2,8-9H2,(H2,19,21,24). The normalized spacial score (nSPS) is 14.4. The van der Waals surface area contributed by atoms with E-state index in [1.807, 2.05) is 0 Å². The summed E-state index contributed by atoms with van der Waals surface area (Å²) in [5.74, 6) is 0. The molecule has 0 aromatic heterocycles. The van der Waals surface area contributed by atoms with Crippen LogP contribution in [0.1, 0.15) is 12.8 Å². The number of rotatable bonds is 6. The van der Waals surface area contributed by atoms with E-state index in [9.17, 15) is 23.3 Å². The van der Waals surface area contributed by atoms with Crippen molar-refractivity contribution in [1.29, 1.82) is 0 Å². The summed E-state index contributed by atoms with van der Waals surface area (Å²) in [5.41, 5.74) is 4.59. The van der Waals surface area contributed by atoms with Crippen LogP contribution in [-0.4, -0.2) is 36.8 Å². The number of hydrogen-bond donors (Lipinski definition) is 3. The Hall–Kier alpha value is -2.89. The van der Waals surface area contributed by atoms with Crippen LogP contribution in [0.4, 0.5) is 21.9 Å². The molecular weight excluding hydrogens is 422 g/mol. The second kappa shape index (κ2) is 8.64. The number of anilines is 2. The number of nitrogens with zero attached hydrogens (tertiary/aromatic N) is 2. The zero-order chi connectivity index (χ0) is 21.0. The number of hydrogen-bond acceptors (Lipinski definition) is 6. The predicted octanol–water partition coefficient (Wildman–Crippen LogP) is 3.18. The van der Waals surface area contributed by atoms with Gasteiger partial charge in [0.2, 0.25) is 10.0 Å². The molecule has 1 aliphatic heterocycles. The molecule has 0 bridgehead atoms. The maximum atomic E-state index is 12.6. The van der Waals surface area contributed by atoms with Crippen molar-refractivity contribution in [1.82, 2.24) is 9.73 Å². The van der Waals surface area contributed by atoms with Gasteiger partial charge in [0.1, 0.15) is 5.69 Å². The molecule has 0 radical (unpaired) electrons. The Morgan fingerprint density at radius 3 is 2.52 bits per heavy atom. The molecule has 1 fully saturated rings. The van der Waals surface area contributed by atoms with Crippen molar-refractivity contribution in [2.75, 3.05) is 23.8 Å². The smallest absolute Gasteiger partial charge is 0.307 e. The Morgan fingerprint density at radius 2 is 1.86 bits per heavy atom. The summed E-state index contributed by atoms with van der Waals surface area (Å²) in [6.07, 6.45) is 1.51. The highest BCUT2D eigenvalue weighted by molar-refractivity contribution is 7.89. The van der Waals surface area contributed by atoms with Gasteiger partial charge in [-0.1, -0.05) is 17.7 Å². The molecule has 12 heteroatoms. The molecule has 29 heavy (non-hydrogen) atoms. The topological polar surface area (TPSA) is 134 Å². The molecule has 0 unspecified atom stereocenters. The van der Waals surface area contributed by atoms with Gasteiger partial charge in [0.25, 0.3) is 5.69 Å². The van der Waals surface area contributed by atoms with Gasteiger partial charge >= 0.3 is 6.03 Å². The van der Waals surface area contributed by atoms with Crippen LogP contribution in [0.2, 0.25) is 5.02 Å². The molecule has 3 rings (SSSR count). The van der Waals surface area contributed by atoms with E-state index < -0.39 is 26.7 Å². The average molecular weight is 440 g/mol. The molecule has 0 saturated carbocycles. The number of urea groups is 1. The molecule has 1 saturated heterocycles. The number of hydrazine groups is 1. The zero-order valence-electron chi connectivity index (χ0n) is 15.1. The third kappa shape index (κ3) is 4.94. The van der Waals surface area contributed by atoms with Gasteiger partial charge in [0, 0.05) is 29.9 Å². The van der Waals surface area contributed by atoms with E-state index >= 15 is 0 Å². The minimum absolute atomic E-state index is 0.0587.